The van der Waals surface area contributed by atoms with Crippen molar-refractivity contribution in [2.75, 3.05) is 0 Å². The van der Waals surface area contributed by atoms with Crippen LogP contribution in [0.25, 0.3) is 33.9 Å². The summed E-state index contributed by atoms with van der Waals surface area (Å²) >= 11 is 0. The minimum atomic E-state index is 0.00726. The van der Waals surface area contributed by atoms with Gasteiger partial charge in [-0.05, 0) is 29.7 Å². The number of carbonyl (C=O) groups excluding carboxylic acids is 1. The minimum absolute atomic E-state index is 0.00726. The Labute approximate surface area is 113 Å². The molecule has 20 heavy (non-hydrogen) atoms. The predicted octanol–water partition coefficient (Wildman–Crippen LogP) is 1.48. The van der Waals surface area contributed by atoms with E-state index in [4.69, 9.17) is 4.42 Å². The van der Waals surface area contributed by atoms with Crippen LogP contribution in [0.2, 0.25) is 0 Å². The Balaban J connectivity index is 2.26. The van der Waals surface area contributed by atoms with E-state index in [1.165, 1.54) is 6.08 Å². The van der Waals surface area contributed by atoms with Crippen molar-refractivity contribution in [3.63, 3.8) is 0 Å². The Kier molecular flexibility index (Phi) is 2.18. The van der Waals surface area contributed by atoms with Crippen molar-refractivity contribution < 1.29 is 9.21 Å². The lowest BCUT2D eigenvalue weighted by atomic mass is 10.0. The fraction of sp³-hybridized carbons (Fsp3) is 0.0588. The van der Waals surface area contributed by atoms with Crippen LogP contribution in [-0.4, -0.2) is 5.78 Å². The molecule has 4 rings (SSSR count). The first-order valence-corrected chi connectivity index (χ1v) is 6.43. The SMILES string of the molecule is O=C1C=c2oc3ccc4c(=O)cccc4c3cc2=CC1. The van der Waals surface area contributed by atoms with E-state index >= 15 is 0 Å². The molecular formula is C17H10O3. The second kappa shape index (κ2) is 3.90. The second-order valence-electron chi connectivity index (χ2n) is 4.91. The molecule has 1 aliphatic rings. The van der Waals surface area contributed by atoms with E-state index in [-0.39, 0.29) is 11.2 Å². The molecule has 1 heterocycles. The van der Waals surface area contributed by atoms with E-state index < -0.39 is 0 Å². The topological polar surface area (TPSA) is 47.3 Å². The summed E-state index contributed by atoms with van der Waals surface area (Å²) in [6.45, 7) is 0. The molecule has 0 atom stereocenters. The van der Waals surface area contributed by atoms with Gasteiger partial charge in [-0.1, -0.05) is 18.2 Å². The van der Waals surface area contributed by atoms with Gasteiger partial charge in [0.25, 0.3) is 0 Å². The van der Waals surface area contributed by atoms with E-state index in [9.17, 15) is 9.59 Å². The highest BCUT2D eigenvalue weighted by Gasteiger charge is 2.08. The van der Waals surface area contributed by atoms with Gasteiger partial charge in [0.05, 0.1) is 0 Å². The molecule has 0 aliphatic heterocycles. The highest BCUT2D eigenvalue weighted by molar-refractivity contribution is 6.10. The molecule has 0 saturated heterocycles. The summed E-state index contributed by atoms with van der Waals surface area (Å²) in [5.41, 5.74) is 1.28. The predicted molar refractivity (Wildman–Crippen MR) is 77.8 cm³/mol. The number of benzene rings is 2. The van der Waals surface area contributed by atoms with Crippen LogP contribution in [0.4, 0.5) is 0 Å². The van der Waals surface area contributed by atoms with E-state index in [2.05, 4.69) is 0 Å². The van der Waals surface area contributed by atoms with E-state index in [1.807, 2.05) is 18.2 Å². The van der Waals surface area contributed by atoms with Gasteiger partial charge in [0, 0.05) is 28.5 Å². The van der Waals surface area contributed by atoms with Gasteiger partial charge in [-0.3, -0.25) is 9.59 Å². The average molecular weight is 262 g/mol. The fourth-order valence-electron chi connectivity index (χ4n) is 2.66. The van der Waals surface area contributed by atoms with Crippen LogP contribution in [-0.2, 0) is 4.79 Å². The standard InChI is InChI=1S/C17H10O3/c18-11-5-4-10-8-14-12-2-1-3-15(19)13(12)6-7-16(14)20-17(10)9-11/h1-4,6-9H,5H2. The molecule has 3 heteroatoms. The molecule has 1 aromatic heterocycles. The lowest BCUT2D eigenvalue weighted by Gasteiger charge is -2.05. The summed E-state index contributed by atoms with van der Waals surface area (Å²) in [5.74, 6) is 0.0447. The summed E-state index contributed by atoms with van der Waals surface area (Å²) < 4.78 is 5.79. The number of carbonyl (C=O) groups is 1. The summed E-state index contributed by atoms with van der Waals surface area (Å²) in [7, 11) is 0. The molecule has 0 bridgehead atoms. The normalized spacial score (nSPS) is 13.9. The van der Waals surface area contributed by atoms with E-state index in [0.29, 0.717) is 22.8 Å². The van der Waals surface area contributed by atoms with Crippen molar-refractivity contribution in [3.8, 4) is 0 Å². The maximum Gasteiger partial charge on any atom is 0.186 e. The third-order valence-electron chi connectivity index (χ3n) is 3.64. The van der Waals surface area contributed by atoms with Gasteiger partial charge in [-0.2, -0.15) is 0 Å². The maximum absolute atomic E-state index is 11.9. The summed E-state index contributed by atoms with van der Waals surface area (Å²) in [6.07, 6.45) is 3.79. The van der Waals surface area contributed by atoms with Crippen LogP contribution in [0, 0.1) is 0 Å². The van der Waals surface area contributed by atoms with Crippen molar-refractivity contribution in [3.05, 3.63) is 57.3 Å². The molecule has 3 nitrogen and oxygen atoms in total. The summed E-state index contributed by atoms with van der Waals surface area (Å²) in [4.78, 5) is 23.3. The largest absolute Gasteiger partial charge is 0.456 e. The average Bonchev–Trinajstić information content (AvgIpc) is 2.45. The summed E-state index contributed by atoms with van der Waals surface area (Å²) in [6, 6.07) is 10.8. The number of fused-ring (bicyclic) bond motifs is 4. The van der Waals surface area contributed by atoms with Crippen molar-refractivity contribution in [2.24, 2.45) is 0 Å². The highest BCUT2D eigenvalue weighted by Crippen LogP contribution is 2.21. The quantitative estimate of drug-likeness (QED) is 0.576. The molecule has 0 amide bonds. The van der Waals surface area contributed by atoms with Crippen LogP contribution in [0.15, 0.2) is 45.6 Å². The molecule has 0 fully saturated rings. The summed E-state index contributed by atoms with van der Waals surface area (Å²) in [5, 5.41) is 3.37. The number of hydrogen-bond donors (Lipinski definition) is 0. The van der Waals surface area contributed by atoms with E-state index in [0.717, 1.165) is 16.0 Å². The van der Waals surface area contributed by atoms with E-state index in [1.54, 1.807) is 24.3 Å². The fourth-order valence-corrected chi connectivity index (χ4v) is 2.66. The molecule has 2 aromatic carbocycles. The first-order chi connectivity index (χ1) is 9.72. The smallest absolute Gasteiger partial charge is 0.186 e. The Bertz CT molecular complexity index is 1060. The van der Waals surface area contributed by atoms with Gasteiger partial charge >= 0.3 is 0 Å². The molecule has 0 radical (unpaired) electrons. The number of rotatable bonds is 0. The zero-order valence-electron chi connectivity index (χ0n) is 10.6. The molecule has 0 spiro atoms. The van der Waals surface area contributed by atoms with Crippen LogP contribution >= 0.6 is 0 Å². The van der Waals surface area contributed by atoms with Gasteiger partial charge in [-0.25, -0.2) is 0 Å². The Morgan fingerprint density at radius 3 is 2.75 bits per heavy atom. The lowest BCUT2D eigenvalue weighted by molar-refractivity contribution is -0.112. The maximum atomic E-state index is 11.9. The van der Waals surface area contributed by atoms with Crippen molar-refractivity contribution >= 4 is 39.7 Å². The molecule has 0 unspecified atom stereocenters. The number of ketones is 1. The van der Waals surface area contributed by atoms with Crippen LogP contribution in [0.3, 0.4) is 0 Å². The first-order valence-electron chi connectivity index (χ1n) is 6.43. The first kappa shape index (κ1) is 11.2. The number of hydrogen-bond acceptors (Lipinski definition) is 3. The molecule has 1 aliphatic carbocycles. The van der Waals surface area contributed by atoms with Crippen molar-refractivity contribution in [2.45, 2.75) is 6.42 Å². The highest BCUT2D eigenvalue weighted by atomic mass is 16.3. The lowest BCUT2D eigenvalue weighted by Crippen LogP contribution is -2.28. The van der Waals surface area contributed by atoms with Crippen molar-refractivity contribution in [1.82, 2.24) is 0 Å². The van der Waals surface area contributed by atoms with Crippen LogP contribution in [0.1, 0.15) is 6.42 Å². The van der Waals surface area contributed by atoms with Gasteiger partial charge in [-0.15, -0.1) is 0 Å². The van der Waals surface area contributed by atoms with Gasteiger partial charge in [0.15, 0.2) is 11.2 Å². The minimum Gasteiger partial charge on any atom is -0.456 e. The zero-order valence-corrected chi connectivity index (χ0v) is 10.6. The molecular weight excluding hydrogens is 252 g/mol. The van der Waals surface area contributed by atoms with Crippen molar-refractivity contribution in [1.29, 1.82) is 0 Å². The van der Waals surface area contributed by atoms with Crippen LogP contribution < -0.4 is 16.1 Å². The monoisotopic (exact) mass is 262 g/mol. The third kappa shape index (κ3) is 1.53. The van der Waals surface area contributed by atoms with Crippen LogP contribution in [0.5, 0.6) is 0 Å². The Morgan fingerprint density at radius 2 is 1.85 bits per heavy atom. The van der Waals surface area contributed by atoms with Gasteiger partial charge < -0.3 is 4.42 Å². The molecule has 96 valence electrons. The second-order valence-corrected chi connectivity index (χ2v) is 4.91. The number of Topliss-reactive ketones (excluding diaryl/α,β-unsaturated/α-hetero) is 1. The van der Waals surface area contributed by atoms with Gasteiger partial charge in [0.2, 0.25) is 0 Å². The zero-order chi connectivity index (χ0) is 13.7. The molecule has 3 aromatic rings. The third-order valence-corrected chi connectivity index (χ3v) is 3.64. The Hall–Kier alpha value is -2.68. The molecule has 0 saturated carbocycles. The molecule has 0 N–H and O–H groups in total. The Morgan fingerprint density at radius 1 is 0.950 bits per heavy atom. The van der Waals surface area contributed by atoms with Gasteiger partial charge in [0.1, 0.15) is 11.0 Å².